The lowest BCUT2D eigenvalue weighted by atomic mass is 10.0. The molecule has 27 heavy (non-hydrogen) atoms. The van der Waals surface area contributed by atoms with E-state index in [2.05, 4.69) is 48.1 Å². The van der Waals surface area contributed by atoms with Crippen LogP contribution in [0.3, 0.4) is 0 Å². The predicted molar refractivity (Wildman–Crippen MR) is 106 cm³/mol. The van der Waals surface area contributed by atoms with Crippen LogP contribution in [0, 0.1) is 13.8 Å². The Morgan fingerprint density at radius 3 is 2.85 bits per heavy atom. The molecule has 0 spiro atoms. The molecular weight excluding hydrogens is 338 g/mol. The predicted octanol–water partition coefficient (Wildman–Crippen LogP) is 4.63. The third-order valence-electron chi connectivity index (χ3n) is 5.58. The largest absolute Gasteiger partial charge is 0.454 e. The summed E-state index contributed by atoms with van der Waals surface area (Å²) in [5.74, 6) is 2.72. The van der Waals surface area contributed by atoms with E-state index in [9.17, 15) is 0 Å². The summed E-state index contributed by atoms with van der Waals surface area (Å²) in [6, 6.07) is 12.5. The normalized spacial score (nSPS) is 15.2. The summed E-state index contributed by atoms with van der Waals surface area (Å²) in [5.41, 5.74) is 7.04. The Morgan fingerprint density at radius 1 is 1.04 bits per heavy atom. The van der Waals surface area contributed by atoms with Gasteiger partial charge in [-0.15, -0.1) is 0 Å². The molecule has 2 aliphatic rings. The first kappa shape index (κ1) is 16.2. The second kappa shape index (κ2) is 6.34. The first-order chi connectivity index (χ1) is 13.2. The van der Waals surface area contributed by atoms with Gasteiger partial charge in [0.25, 0.3) is 0 Å². The monoisotopic (exact) mass is 361 g/mol. The molecule has 0 saturated heterocycles. The smallest absolute Gasteiger partial charge is 0.231 e. The van der Waals surface area contributed by atoms with Gasteiger partial charge in [-0.3, -0.25) is 0 Å². The van der Waals surface area contributed by atoms with Crippen LogP contribution in [0.25, 0.3) is 16.9 Å². The van der Waals surface area contributed by atoms with Crippen molar-refractivity contribution in [3.05, 3.63) is 53.1 Å². The van der Waals surface area contributed by atoms with E-state index in [1.165, 1.54) is 23.1 Å². The van der Waals surface area contributed by atoms with Crippen LogP contribution in [-0.4, -0.2) is 23.1 Å². The van der Waals surface area contributed by atoms with Gasteiger partial charge in [0.15, 0.2) is 11.5 Å². The summed E-state index contributed by atoms with van der Waals surface area (Å²) in [6.45, 7) is 5.57. The van der Waals surface area contributed by atoms with Crippen LogP contribution in [0.5, 0.6) is 11.5 Å². The number of ether oxygens (including phenoxy) is 2. The molecule has 3 aromatic rings. The van der Waals surface area contributed by atoms with E-state index < -0.39 is 0 Å². The van der Waals surface area contributed by atoms with Crippen LogP contribution < -0.4 is 14.8 Å². The molecule has 0 bridgehead atoms. The molecule has 1 aromatic heterocycles. The number of anilines is 1. The molecule has 0 saturated carbocycles. The molecule has 0 aliphatic carbocycles. The van der Waals surface area contributed by atoms with Crippen molar-refractivity contribution in [3.63, 3.8) is 0 Å². The van der Waals surface area contributed by atoms with E-state index in [0.717, 1.165) is 53.6 Å². The van der Waals surface area contributed by atoms with Crippen LogP contribution in [0.15, 0.2) is 36.4 Å². The van der Waals surface area contributed by atoms with Crippen molar-refractivity contribution >= 4 is 5.82 Å². The van der Waals surface area contributed by atoms with Gasteiger partial charge in [-0.2, -0.15) is 5.10 Å². The molecule has 2 aromatic carbocycles. The van der Waals surface area contributed by atoms with E-state index in [0.29, 0.717) is 0 Å². The van der Waals surface area contributed by atoms with Gasteiger partial charge in [0.05, 0.1) is 11.4 Å². The summed E-state index contributed by atoms with van der Waals surface area (Å²) < 4.78 is 13.1. The average molecular weight is 361 g/mol. The second-order valence-electron chi connectivity index (χ2n) is 7.26. The van der Waals surface area contributed by atoms with Gasteiger partial charge in [-0.1, -0.05) is 12.1 Å². The Bertz CT molecular complexity index is 1020. The quantitative estimate of drug-likeness (QED) is 0.723. The van der Waals surface area contributed by atoms with E-state index in [4.69, 9.17) is 14.6 Å². The Morgan fingerprint density at radius 2 is 1.93 bits per heavy atom. The van der Waals surface area contributed by atoms with Crippen LogP contribution in [0.2, 0.25) is 0 Å². The highest BCUT2D eigenvalue weighted by molar-refractivity contribution is 5.73. The van der Waals surface area contributed by atoms with Crippen LogP contribution in [-0.2, 0) is 6.42 Å². The number of nitrogens with zero attached hydrogens (tertiary/aromatic N) is 2. The van der Waals surface area contributed by atoms with Crippen molar-refractivity contribution in [2.45, 2.75) is 33.1 Å². The summed E-state index contributed by atoms with van der Waals surface area (Å²) in [6.07, 6.45) is 3.36. The minimum Gasteiger partial charge on any atom is -0.454 e. The van der Waals surface area contributed by atoms with E-state index in [1.807, 2.05) is 12.1 Å². The first-order valence-corrected chi connectivity index (χ1v) is 9.55. The van der Waals surface area contributed by atoms with Gasteiger partial charge in [0, 0.05) is 17.7 Å². The molecule has 5 nitrogen and oxygen atoms in total. The van der Waals surface area contributed by atoms with Gasteiger partial charge >= 0.3 is 0 Å². The lowest BCUT2D eigenvalue weighted by molar-refractivity contribution is 0.174. The molecule has 2 aliphatic heterocycles. The fourth-order valence-corrected chi connectivity index (χ4v) is 3.92. The summed E-state index contributed by atoms with van der Waals surface area (Å²) in [5, 5.41) is 8.69. The molecule has 0 amide bonds. The first-order valence-electron chi connectivity index (χ1n) is 9.55. The number of hydrogen-bond donors (Lipinski definition) is 1. The second-order valence-corrected chi connectivity index (χ2v) is 7.26. The summed E-state index contributed by atoms with van der Waals surface area (Å²) in [4.78, 5) is 0. The average Bonchev–Trinajstić information content (AvgIpc) is 3.21. The maximum absolute atomic E-state index is 5.58. The molecule has 5 rings (SSSR count). The number of rotatable bonds is 2. The zero-order chi connectivity index (χ0) is 18.4. The topological polar surface area (TPSA) is 48.3 Å². The summed E-state index contributed by atoms with van der Waals surface area (Å²) >= 11 is 0. The van der Waals surface area contributed by atoms with Crippen LogP contribution >= 0.6 is 0 Å². The highest BCUT2D eigenvalue weighted by atomic mass is 16.7. The number of aromatic nitrogens is 2. The maximum atomic E-state index is 5.58. The number of hydrogen-bond acceptors (Lipinski definition) is 4. The maximum Gasteiger partial charge on any atom is 0.231 e. The van der Waals surface area contributed by atoms with Crippen LogP contribution in [0.1, 0.15) is 29.5 Å². The molecule has 0 unspecified atom stereocenters. The van der Waals surface area contributed by atoms with Crippen molar-refractivity contribution in [1.29, 1.82) is 0 Å². The molecule has 138 valence electrons. The zero-order valence-electron chi connectivity index (χ0n) is 15.7. The fraction of sp³-hybridized carbons (Fsp3) is 0.318. The number of aryl methyl sites for hydroxylation is 1. The Balaban J connectivity index is 1.71. The highest BCUT2D eigenvalue weighted by Gasteiger charge is 2.24. The van der Waals surface area contributed by atoms with Crippen molar-refractivity contribution < 1.29 is 9.47 Å². The minimum absolute atomic E-state index is 0.287. The Hall–Kier alpha value is -2.95. The van der Waals surface area contributed by atoms with Crippen molar-refractivity contribution in [2.24, 2.45) is 0 Å². The van der Waals surface area contributed by atoms with Crippen molar-refractivity contribution in [1.82, 2.24) is 9.78 Å². The van der Waals surface area contributed by atoms with Gasteiger partial charge in [-0.05, 0) is 68.5 Å². The SMILES string of the molecule is Cc1cccc(-n2nc(-c3ccc4c(c3)OCO4)c3c2NCCCC3)c1C. The van der Waals surface area contributed by atoms with E-state index in [-0.39, 0.29) is 6.79 Å². The standard InChI is InChI=1S/C22H23N3O2/c1-14-6-5-8-18(15(14)2)25-22-17(7-3-4-11-23-22)21(24-25)16-9-10-19-20(12-16)27-13-26-19/h5-6,8-10,12,23H,3-4,7,11,13H2,1-2H3. The van der Waals surface area contributed by atoms with Gasteiger partial charge in [0.2, 0.25) is 6.79 Å². The zero-order valence-corrected chi connectivity index (χ0v) is 15.7. The number of nitrogens with one attached hydrogen (secondary N) is 1. The third-order valence-corrected chi connectivity index (χ3v) is 5.58. The molecule has 3 heterocycles. The number of benzene rings is 2. The molecule has 0 radical (unpaired) electrons. The third kappa shape index (κ3) is 2.65. The highest BCUT2D eigenvalue weighted by Crippen LogP contribution is 2.39. The summed E-state index contributed by atoms with van der Waals surface area (Å²) in [7, 11) is 0. The van der Waals surface area contributed by atoms with Crippen molar-refractivity contribution in [2.75, 3.05) is 18.7 Å². The molecule has 0 atom stereocenters. The minimum atomic E-state index is 0.287. The fourth-order valence-electron chi connectivity index (χ4n) is 3.92. The van der Waals surface area contributed by atoms with Gasteiger partial charge < -0.3 is 14.8 Å². The van der Waals surface area contributed by atoms with Crippen molar-refractivity contribution in [3.8, 4) is 28.4 Å². The van der Waals surface area contributed by atoms with E-state index >= 15 is 0 Å². The van der Waals surface area contributed by atoms with E-state index in [1.54, 1.807) is 0 Å². The molecule has 1 N–H and O–H groups in total. The molecule has 5 heteroatoms. The lowest BCUT2D eigenvalue weighted by Gasteiger charge is -2.13. The lowest BCUT2D eigenvalue weighted by Crippen LogP contribution is -2.08. The Kier molecular flexibility index (Phi) is 3.81. The molecular formula is C22H23N3O2. The molecule has 0 fully saturated rings. The van der Waals surface area contributed by atoms with Crippen LogP contribution in [0.4, 0.5) is 5.82 Å². The van der Waals surface area contributed by atoms with Gasteiger partial charge in [-0.25, -0.2) is 4.68 Å². The van der Waals surface area contributed by atoms with Gasteiger partial charge in [0.1, 0.15) is 5.82 Å². The number of fused-ring (bicyclic) bond motifs is 2. The Labute approximate surface area is 158 Å².